The molecule has 0 bridgehead atoms. The average molecular weight is 254 g/mol. The summed E-state index contributed by atoms with van der Waals surface area (Å²) >= 11 is 0. The van der Waals surface area contributed by atoms with Gasteiger partial charge in [0.15, 0.2) is 0 Å². The Bertz CT molecular complexity index is 146. The van der Waals surface area contributed by atoms with Crippen molar-refractivity contribution in [3.05, 3.63) is 0 Å². The molecule has 0 aliphatic rings. The molecule has 0 aromatic carbocycles. The molecule has 69 valence electrons. The molecule has 0 heterocycles. The average Bonchev–Trinajstić information content (AvgIpc) is 1.82. The van der Waals surface area contributed by atoms with E-state index in [9.17, 15) is 19.8 Å². The van der Waals surface area contributed by atoms with Crippen molar-refractivity contribution in [1.82, 2.24) is 0 Å². The zero-order valence-corrected chi connectivity index (χ0v) is 6.86. The van der Waals surface area contributed by atoms with Crippen molar-refractivity contribution in [3.8, 4) is 0 Å². The van der Waals surface area contributed by atoms with Gasteiger partial charge >= 0.3 is 0 Å². The Morgan fingerprint density at radius 1 is 1.36 bits per heavy atom. The normalized spacial score (nSPS) is 11.4. The predicted octanol–water partition coefficient (Wildman–Crippen LogP) is -3.38. The summed E-state index contributed by atoms with van der Waals surface area (Å²) in [6.45, 7) is 0. The van der Waals surface area contributed by atoms with Crippen molar-refractivity contribution in [2.75, 3.05) is 0 Å². The van der Waals surface area contributed by atoms with Gasteiger partial charge in [0.05, 0.1) is 12.1 Å². The second-order valence-corrected chi connectivity index (χ2v) is 1.75. The van der Waals surface area contributed by atoms with E-state index in [4.69, 9.17) is 5.11 Å². The fourth-order valence-electron chi connectivity index (χ4n) is 0.372. The number of rotatable bonds is 4. The molecule has 0 rings (SSSR count). The minimum absolute atomic E-state index is 0. The summed E-state index contributed by atoms with van der Waals surface area (Å²) in [4.78, 5) is 19.4. The van der Waals surface area contributed by atoms with E-state index < -0.39 is 24.5 Å². The second-order valence-electron chi connectivity index (χ2n) is 1.75. The van der Waals surface area contributed by atoms with Crippen LogP contribution >= 0.6 is 0 Å². The summed E-state index contributed by atoms with van der Waals surface area (Å²) in [5.74, 6) is -3.05. The molecule has 11 heavy (non-hydrogen) atoms. The van der Waals surface area contributed by atoms with Crippen molar-refractivity contribution < 1.29 is 47.3 Å². The predicted molar refractivity (Wildman–Crippen MR) is 25.3 cm³/mol. The summed E-state index contributed by atoms with van der Waals surface area (Å²) in [7, 11) is 0. The number of hydrogen-bond donors (Lipinski definition) is 1. The Morgan fingerprint density at radius 2 is 1.82 bits per heavy atom. The van der Waals surface area contributed by atoms with Gasteiger partial charge in [-0.25, -0.2) is 0 Å². The number of hydrogen-bond acceptors (Lipinski definition) is 5. The molecule has 1 radical (unpaired) electrons. The molecule has 0 fully saturated rings. The van der Waals surface area contributed by atoms with Crippen molar-refractivity contribution in [3.63, 3.8) is 0 Å². The molecule has 0 spiro atoms. The van der Waals surface area contributed by atoms with Crippen molar-refractivity contribution >= 4 is 11.9 Å². The molecule has 5 nitrogen and oxygen atoms in total. The molecule has 0 saturated carbocycles. The number of carbonyl (C=O) groups is 2. The summed E-state index contributed by atoms with van der Waals surface area (Å²) in [5, 5.41) is 27.9. The number of carboxylic acids is 2. The summed E-state index contributed by atoms with van der Waals surface area (Å²) in [5.41, 5.74) is 0. The van der Waals surface area contributed by atoms with Crippen LogP contribution in [0.5, 0.6) is 0 Å². The van der Waals surface area contributed by atoms with Crippen molar-refractivity contribution in [2.24, 2.45) is 0 Å². The maximum absolute atomic E-state index is 9.74. The third-order valence-electron chi connectivity index (χ3n) is 0.894. The quantitative estimate of drug-likeness (QED) is 0.527. The fraction of sp³-hybridized carbons (Fsp3) is 0.600. The maximum Gasteiger partial charge on any atom is 0.0937 e. The van der Waals surface area contributed by atoms with E-state index in [0.29, 0.717) is 0 Å². The largest absolute Gasteiger partial charge is 0.550 e. The van der Waals surface area contributed by atoms with Gasteiger partial charge in [0.2, 0.25) is 0 Å². The third kappa shape index (κ3) is 7.54. The van der Waals surface area contributed by atoms with Gasteiger partial charge in [0.25, 0.3) is 0 Å². The van der Waals surface area contributed by atoms with E-state index in [2.05, 4.69) is 0 Å². The van der Waals surface area contributed by atoms with Crippen LogP contribution in [0, 0.1) is 0 Å². The van der Waals surface area contributed by atoms with Crippen LogP contribution in [0.4, 0.5) is 0 Å². The molecule has 0 amide bonds. The Labute approximate surface area is 78.5 Å². The van der Waals surface area contributed by atoms with Gasteiger partial charge in [-0.05, 0) is 12.8 Å². The number of carbonyl (C=O) groups excluding carboxylic acids is 2. The van der Waals surface area contributed by atoms with Crippen LogP contribution in [0.15, 0.2) is 0 Å². The standard InChI is InChI=1S/C5H8O5.Ag/c6-3(5(9)10)1-2-4(7)8;/h3,6H,1-2H2,(H,7,8)(H,9,10);/p-2. The molecule has 1 N–H and O–H groups in total. The molecular weight excluding hydrogens is 248 g/mol. The minimum atomic E-state index is -1.71. The van der Waals surface area contributed by atoms with E-state index in [-0.39, 0.29) is 28.8 Å². The fourth-order valence-corrected chi connectivity index (χ4v) is 0.372. The Kier molecular flexibility index (Phi) is 7.65. The summed E-state index contributed by atoms with van der Waals surface area (Å²) < 4.78 is 0. The first-order valence-corrected chi connectivity index (χ1v) is 2.63. The van der Waals surface area contributed by atoms with Gasteiger partial charge in [0.1, 0.15) is 0 Å². The van der Waals surface area contributed by atoms with E-state index in [1.807, 2.05) is 0 Å². The Balaban J connectivity index is 0. The van der Waals surface area contributed by atoms with Gasteiger partial charge in [0, 0.05) is 28.3 Å². The van der Waals surface area contributed by atoms with Gasteiger partial charge in [-0.1, -0.05) is 0 Å². The molecule has 0 saturated heterocycles. The minimum Gasteiger partial charge on any atom is -0.550 e. The molecule has 0 aliphatic carbocycles. The van der Waals surface area contributed by atoms with Gasteiger partial charge in [-0.2, -0.15) is 0 Å². The van der Waals surface area contributed by atoms with Crippen molar-refractivity contribution in [1.29, 1.82) is 0 Å². The monoisotopic (exact) mass is 253 g/mol. The van der Waals surface area contributed by atoms with Crippen LogP contribution in [-0.2, 0) is 32.0 Å². The third-order valence-corrected chi connectivity index (χ3v) is 0.894. The first kappa shape index (κ1) is 13.2. The Hall–Kier alpha value is -0.360. The van der Waals surface area contributed by atoms with E-state index in [1.54, 1.807) is 0 Å². The van der Waals surface area contributed by atoms with E-state index in [0.717, 1.165) is 0 Å². The van der Waals surface area contributed by atoms with Crippen LogP contribution < -0.4 is 10.2 Å². The maximum atomic E-state index is 9.74. The molecule has 0 aliphatic heterocycles. The first-order chi connectivity index (χ1) is 4.54. The van der Waals surface area contributed by atoms with Gasteiger partial charge < -0.3 is 24.9 Å². The molecule has 0 aromatic rings. The van der Waals surface area contributed by atoms with Gasteiger partial charge in [-0.15, -0.1) is 0 Å². The zero-order chi connectivity index (χ0) is 8.15. The van der Waals surface area contributed by atoms with E-state index in [1.165, 1.54) is 0 Å². The van der Waals surface area contributed by atoms with Crippen LogP contribution in [0.2, 0.25) is 0 Å². The first-order valence-electron chi connectivity index (χ1n) is 2.63. The number of aliphatic carboxylic acids is 2. The van der Waals surface area contributed by atoms with Gasteiger partial charge in [-0.3, -0.25) is 0 Å². The van der Waals surface area contributed by atoms with Crippen LogP contribution in [-0.4, -0.2) is 23.1 Å². The summed E-state index contributed by atoms with van der Waals surface area (Å²) in [6.07, 6.45) is -2.56. The molecular formula is C5H6AgO5-2. The molecule has 1 atom stereocenters. The molecule has 0 aromatic heterocycles. The van der Waals surface area contributed by atoms with Crippen LogP contribution in [0.3, 0.4) is 0 Å². The Morgan fingerprint density at radius 3 is 2.09 bits per heavy atom. The molecule has 1 unspecified atom stereocenters. The number of carboxylic acid groups (broad SMARTS) is 2. The number of aliphatic hydroxyl groups excluding tert-OH is 1. The second kappa shape index (κ2) is 6.36. The van der Waals surface area contributed by atoms with Crippen LogP contribution in [0.1, 0.15) is 12.8 Å². The zero-order valence-electron chi connectivity index (χ0n) is 5.37. The SMILES string of the molecule is O=C([O-])CCC(O)C(=O)[O-].[Ag]. The number of aliphatic hydroxyl groups is 1. The van der Waals surface area contributed by atoms with E-state index >= 15 is 0 Å². The topological polar surface area (TPSA) is 100 Å². The van der Waals surface area contributed by atoms with Crippen LogP contribution in [0.25, 0.3) is 0 Å². The summed E-state index contributed by atoms with van der Waals surface area (Å²) in [6, 6.07) is 0. The van der Waals surface area contributed by atoms with Crippen molar-refractivity contribution in [2.45, 2.75) is 18.9 Å². The molecule has 6 heteroatoms. The smallest absolute Gasteiger partial charge is 0.0937 e.